The molecule has 0 radical (unpaired) electrons. The summed E-state index contributed by atoms with van der Waals surface area (Å²) in [4.78, 5) is 0. The van der Waals surface area contributed by atoms with Gasteiger partial charge >= 0.3 is 0 Å². The van der Waals surface area contributed by atoms with Gasteiger partial charge in [-0.15, -0.1) is 0 Å². The number of halogens is 2. The highest BCUT2D eigenvalue weighted by Gasteiger charge is 2.43. The second kappa shape index (κ2) is 9.24. The summed E-state index contributed by atoms with van der Waals surface area (Å²) in [7, 11) is 0. The highest BCUT2D eigenvalue weighted by atomic mass is 79.9. The van der Waals surface area contributed by atoms with Crippen molar-refractivity contribution >= 4 is 31.9 Å². The molecule has 1 saturated carbocycles. The van der Waals surface area contributed by atoms with Gasteiger partial charge in [-0.2, -0.15) is 0 Å². The molecule has 1 aliphatic carbocycles. The fourth-order valence-electron chi connectivity index (χ4n) is 3.28. The summed E-state index contributed by atoms with van der Waals surface area (Å²) in [5.74, 6) is -0.285. The number of rotatable bonds is 2. The van der Waals surface area contributed by atoms with Crippen LogP contribution in [-0.2, 0) is 9.47 Å². The molecule has 0 bridgehead atoms. The van der Waals surface area contributed by atoms with Crippen LogP contribution in [0.15, 0.2) is 0 Å². The van der Waals surface area contributed by atoms with Crippen LogP contribution < -0.4 is 0 Å². The molecular weight excluding hydrogens is 396 g/mol. The van der Waals surface area contributed by atoms with Gasteiger partial charge in [0.05, 0.1) is 13.2 Å². The summed E-state index contributed by atoms with van der Waals surface area (Å²) >= 11 is 7.24. The van der Waals surface area contributed by atoms with Gasteiger partial charge in [0.15, 0.2) is 5.79 Å². The van der Waals surface area contributed by atoms with E-state index >= 15 is 0 Å². The monoisotopic (exact) mass is 424 g/mol. The van der Waals surface area contributed by atoms with Crippen LogP contribution in [0.5, 0.6) is 0 Å². The normalized spacial score (nSPS) is 27.7. The topological polar surface area (TPSA) is 18.5 Å². The predicted molar refractivity (Wildman–Crippen MR) is 95.4 cm³/mol. The van der Waals surface area contributed by atoms with Gasteiger partial charge in [0.25, 0.3) is 0 Å². The molecule has 0 aromatic rings. The first-order valence-corrected chi connectivity index (χ1v) is 10.9. The van der Waals surface area contributed by atoms with Crippen molar-refractivity contribution in [2.45, 2.75) is 76.4 Å². The molecular formula is C17H30Br2O2. The number of hydrogen-bond donors (Lipinski definition) is 0. The van der Waals surface area contributed by atoms with E-state index in [0.717, 1.165) is 36.7 Å². The minimum absolute atomic E-state index is 0.106. The van der Waals surface area contributed by atoms with Crippen LogP contribution in [-0.4, -0.2) is 29.7 Å². The maximum Gasteiger partial charge on any atom is 0.168 e. The minimum Gasteiger partial charge on any atom is -0.349 e. The van der Waals surface area contributed by atoms with Crippen molar-refractivity contribution in [1.29, 1.82) is 0 Å². The van der Waals surface area contributed by atoms with E-state index in [2.05, 4.69) is 31.9 Å². The second-order valence-electron chi connectivity index (χ2n) is 6.94. The molecule has 0 atom stereocenters. The largest absolute Gasteiger partial charge is 0.349 e. The Kier molecular flexibility index (Phi) is 8.02. The first kappa shape index (κ1) is 18.2. The molecule has 1 aliphatic heterocycles. The lowest BCUT2D eigenvalue weighted by Crippen LogP contribution is -2.51. The molecule has 0 unspecified atom stereocenters. The van der Waals surface area contributed by atoms with Crippen LogP contribution in [0, 0.1) is 5.41 Å². The summed E-state index contributed by atoms with van der Waals surface area (Å²) in [5.41, 5.74) is 0.106. The molecule has 1 heterocycles. The number of ether oxygens (including phenoxy) is 2. The van der Waals surface area contributed by atoms with E-state index in [1.807, 2.05) is 0 Å². The first-order chi connectivity index (χ1) is 10.2. The zero-order chi connectivity index (χ0) is 15.0. The third kappa shape index (κ3) is 5.47. The Morgan fingerprint density at radius 1 is 0.619 bits per heavy atom. The summed E-state index contributed by atoms with van der Waals surface area (Å²) in [6, 6.07) is 0. The van der Waals surface area contributed by atoms with Crippen molar-refractivity contribution in [2.75, 3.05) is 23.9 Å². The zero-order valence-corrected chi connectivity index (χ0v) is 16.4. The number of hydrogen-bond acceptors (Lipinski definition) is 2. The maximum atomic E-state index is 6.33. The fraction of sp³-hybridized carbons (Fsp3) is 1.00. The molecule has 0 N–H and O–H groups in total. The Labute approximate surface area is 147 Å². The van der Waals surface area contributed by atoms with Gasteiger partial charge in [-0.05, 0) is 12.8 Å². The maximum absolute atomic E-state index is 6.33. The van der Waals surface area contributed by atoms with Gasteiger partial charge in [-0.3, -0.25) is 0 Å². The van der Waals surface area contributed by atoms with E-state index in [0.29, 0.717) is 0 Å². The smallest absolute Gasteiger partial charge is 0.168 e. The van der Waals surface area contributed by atoms with Crippen molar-refractivity contribution in [3.05, 3.63) is 0 Å². The number of alkyl halides is 2. The van der Waals surface area contributed by atoms with E-state index in [1.165, 1.54) is 57.8 Å². The molecule has 0 aromatic heterocycles. The van der Waals surface area contributed by atoms with Crippen LogP contribution in [0.3, 0.4) is 0 Å². The molecule has 1 saturated heterocycles. The van der Waals surface area contributed by atoms with Gasteiger partial charge < -0.3 is 9.47 Å². The minimum atomic E-state index is -0.285. The lowest BCUT2D eigenvalue weighted by molar-refractivity contribution is -0.303. The Bertz CT molecular complexity index is 269. The van der Waals surface area contributed by atoms with E-state index < -0.39 is 0 Å². The van der Waals surface area contributed by atoms with Crippen LogP contribution >= 0.6 is 31.9 Å². The van der Waals surface area contributed by atoms with Crippen molar-refractivity contribution < 1.29 is 9.47 Å². The first-order valence-electron chi connectivity index (χ1n) is 8.64. The Balaban J connectivity index is 1.90. The molecule has 21 heavy (non-hydrogen) atoms. The van der Waals surface area contributed by atoms with Crippen molar-refractivity contribution in [2.24, 2.45) is 5.41 Å². The summed E-state index contributed by atoms with van der Waals surface area (Å²) in [6.45, 7) is 1.62. The predicted octanol–water partition coefficient (Wildman–Crippen LogP) is 5.81. The molecule has 1 spiro atoms. The Morgan fingerprint density at radius 3 is 1.38 bits per heavy atom. The molecule has 0 amide bonds. The van der Waals surface area contributed by atoms with Gasteiger partial charge in [-0.25, -0.2) is 0 Å². The molecule has 4 heteroatoms. The average Bonchev–Trinajstić information content (AvgIpc) is 2.52. The Morgan fingerprint density at radius 2 is 1.00 bits per heavy atom. The lowest BCUT2D eigenvalue weighted by atomic mass is 9.91. The standard InChI is InChI=1S/C17H30Br2O2/c18-12-16(13-19)14-20-17(21-15-16)10-8-6-4-2-1-3-5-7-9-11-17/h1-15H2. The van der Waals surface area contributed by atoms with Gasteiger partial charge in [0.2, 0.25) is 0 Å². The van der Waals surface area contributed by atoms with E-state index in [4.69, 9.17) is 9.47 Å². The average molecular weight is 426 g/mol. The van der Waals surface area contributed by atoms with E-state index in [-0.39, 0.29) is 11.2 Å². The Hall–Kier alpha value is 0.880. The molecule has 124 valence electrons. The molecule has 2 aliphatic rings. The van der Waals surface area contributed by atoms with Crippen molar-refractivity contribution in [3.63, 3.8) is 0 Å². The molecule has 2 rings (SSSR count). The fourth-order valence-corrected chi connectivity index (χ4v) is 4.86. The van der Waals surface area contributed by atoms with Crippen LogP contribution in [0.1, 0.15) is 70.6 Å². The second-order valence-corrected chi connectivity index (χ2v) is 8.06. The van der Waals surface area contributed by atoms with Crippen LogP contribution in [0.2, 0.25) is 0 Å². The SMILES string of the molecule is BrCC1(CBr)COC2(CCCCCCCCCCC2)OC1. The van der Waals surface area contributed by atoms with Crippen LogP contribution in [0.4, 0.5) is 0 Å². The van der Waals surface area contributed by atoms with Crippen molar-refractivity contribution in [3.8, 4) is 0 Å². The lowest BCUT2D eigenvalue weighted by Gasteiger charge is -2.45. The summed E-state index contributed by atoms with van der Waals surface area (Å²) in [5, 5.41) is 1.86. The quantitative estimate of drug-likeness (QED) is 0.519. The highest BCUT2D eigenvalue weighted by Crippen LogP contribution is 2.39. The highest BCUT2D eigenvalue weighted by molar-refractivity contribution is 9.09. The zero-order valence-electron chi connectivity index (χ0n) is 13.2. The summed E-state index contributed by atoms with van der Waals surface area (Å²) < 4.78 is 12.7. The molecule has 2 fully saturated rings. The van der Waals surface area contributed by atoms with Gasteiger partial charge in [0, 0.05) is 28.9 Å². The third-order valence-electron chi connectivity index (χ3n) is 4.97. The van der Waals surface area contributed by atoms with Gasteiger partial charge in [-0.1, -0.05) is 76.8 Å². The third-order valence-corrected chi connectivity index (χ3v) is 7.34. The molecule has 2 nitrogen and oxygen atoms in total. The molecule has 0 aromatic carbocycles. The van der Waals surface area contributed by atoms with Crippen molar-refractivity contribution in [1.82, 2.24) is 0 Å². The van der Waals surface area contributed by atoms with Crippen LogP contribution in [0.25, 0.3) is 0 Å². The van der Waals surface area contributed by atoms with E-state index in [9.17, 15) is 0 Å². The summed E-state index contributed by atoms with van der Waals surface area (Å²) in [6.07, 6.45) is 14.3. The van der Waals surface area contributed by atoms with E-state index in [1.54, 1.807) is 0 Å². The van der Waals surface area contributed by atoms with Gasteiger partial charge in [0.1, 0.15) is 0 Å².